The molecular weight excluding hydrogens is 398 g/mol. The van der Waals surface area contributed by atoms with E-state index in [1.165, 1.54) is 16.7 Å². The van der Waals surface area contributed by atoms with Crippen molar-refractivity contribution in [2.24, 2.45) is 0 Å². The molecule has 0 bridgehead atoms. The van der Waals surface area contributed by atoms with Gasteiger partial charge in [0.05, 0.1) is 5.92 Å². The highest BCUT2D eigenvalue weighted by molar-refractivity contribution is 6.29. The first kappa shape index (κ1) is 20.0. The largest absolute Gasteiger partial charge is 0.383 e. The standard InChI is InChI=1S/C23H22ClN5O/c1-14-5-6-16(10-15(14)2)11-19(18-7-8-20(24)27-13-18)23-28-21(29-30-23)12-17-4-3-9-26-22(17)25/h3-10,13,19H,11-12H2,1-2H3,(H2,25,26). The number of aryl methyl sites for hydroxylation is 2. The Morgan fingerprint density at radius 2 is 1.93 bits per heavy atom. The number of benzene rings is 1. The maximum atomic E-state index is 5.99. The Balaban J connectivity index is 1.65. The predicted octanol–water partition coefficient (Wildman–Crippen LogP) is 4.68. The van der Waals surface area contributed by atoms with Crippen LogP contribution in [0.3, 0.4) is 0 Å². The minimum Gasteiger partial charge on any atom is -0.383 e. The fourth-order valence-corrected chi connectivity index (χ4v) is 3.47. The Morgan fingerprint density at radius 3 is 2.67 bits per heavy atom. The summed E-state index contributed by atoms with van der Waals surface area (Å²) in [6.45, 7) is 4.22. The van der Waals surface area contributed by atoms with E-state index in [9.17, 15) is 0 Å². The summed E-state index contributed by atoms with van der Waals surface area (Å²) in [7, 11) is 0. The Kier molecular flexibility index (Phi) is 5.77. The average molecular weight is 420 g/mol. The molecular formula is C23H22ClN5O. The van der Waals surface area contributed by atoms with Crippen LogP contribution in [0.1, 0.15) is 45.5 Å². The van der Waals surface area contributed by atoms with Crippen LogP contribution in [-0.4, -0.2) is 20.1 Å². The molecule has 0 radical (unpaired) electrons. The van der Waals surface area contributed by atoms with Gasteiger partial charge in [-0.05, 0) is 54.7 Å². The number of rotatable bonds is 6. The molecule has 0 aliphatic rings. The van der Waals surface area contributed by atoms with E-state index >= 15 is 0 Å². The van der Waals surface area contributed by atoms with Gasteiger partial charge in [0.2, 0.25) is 5.89 Å². The summed E-state index contributed by atoms with van der Waals surface area (Å²) in [4.78, 5) is 13.0. The zero-order valence-electron chi connectivity index (χ0n) is 16.8. The first-order valence-electron chi connectivity index (χ1n) is 9.69. The van der Waals surface area contributed by atoms with Crippen LogP contribution in [0.2, 0.25) is 5.15 Å². The minimum absolute atomic E-state index is 0.135. The third-order valence-electron chi connectivity index (χ3n) is 5.22. The molecule has 2 N–H and O–H groups in total. The number of anilines is 1. The van der Waals surface area contributed by atoms with Crippen molar-refractivity contribution in [3.8, 4) is 0 Å². The molecule has 7 heteroatoms. The van der Waals surface area contributed by atoms with Gasteiger partial charge in [-0.1, -0.05) is 47.1 Å². The van der Waals surface area contributed by atoms with Gasteiger partial charge in [-0.25, -0.2) is 9.97 Å². The molecule has 0 aliphatic carbocycles. The topological polar surface area (TPSA) is 90.7 Å². The molecule has 0 amide bonds. The highest BCUT2D eigenvalue weighted by Gasteiger charge is 2.23. The molecule has 1 aromatic carbocycles. The van der Waals surface area contributed by atoms with E-state index in [1.54, 1.807) is 18.5 Å². The molecule has 1 unspecified atom stereocenters. The van der Waals surface area contributed by atoms with E-state index in [-0.39, 0.29) is 5.92 Å². The lowest BCUT2D eigenvalue weighted by molar-refractivity contribution is 0.360. The third-order valence-corrected chi connectivity index (χ3v) is 5.44. The SMILES string of the molecule is Cc1ccc(CC(c2ccc(Cl)nc2)c2nc(Cc3cccnc3N)no2)cc1C. The molecule has 152 valence electrons. The van der Waals surface area contributed by atoms with Crippen molar-refractivity contribution in [3.63, 3.8) is 0 Å². The monoisotopic (exact) mass is 419 g/mol. The van der Waals surface area contributed by atoms with Crippen LogP contribution in [-0.2, 0) is 12.8 Å². The van der Waals surface area contributed by atoms with Gasteiger partial charge >= 0.3 is 0 Å². The van der Waals surface area contributed by atoms with Gasteiger partial charge in [0.15, 0.2) is 5.82 Å². The van der Waals surface area contributed by atoms with Crippen molar-refractivity contribution in [3.05, 3.63) is 99.5 Å². The third kappa shape index (κ3) is 4.49. The second-order valence-corrected chi connectivity index (χ2v) is 7.75. The van der Waals surface area contributed by atoms with Crippen molar-refractivity contribution in [1.82, 2.24) is 20.1 Å². The maximum Gasteiger partial charge on any atom is 0.234 e. The zero-order valence-corrected chi connectivity index (χ0v) is 17.6. The normalized spacial score (nSPS) is 12.1. The van der Waals surface area contributed by atoms with Crippen LogP contribution in [0.15, 0.2) is 59.4 Å². The molecule has 0 saturated heterocycles. The lowest BCUT2D eigenvalue weighted by Crippen LogP contribution is -2.07. The highest BCUT2D eigenvalue weighted by Crippen LogP contribution is 2.29. The Morgan fingerprint density at radius 1 is 1.07 bits per heavy atom. The van der Waals surface area contributed by atoms with Gasteiger partial charge < -0.3 is 10.3 Å². The number of nitrogens with zero attached hydrogens (tertiary/aromatic N) is 4. The van der Waals surface area contributed by atoms with Crippen molar-refractivity contribution in [1.29, 1.82) is 0 Å². The first-order valence-corrected chi connectivity index (χ1v) is 10.1. The summed E-state index contributed by atoms with van der Waals surface area (Å²) >= 11 is 5.99. The fraction of sp³-hybridized carbons (Fsp3) is 0.217. The number of hydrogen-bond acceptors (Lipinski definition) is 6. The highest BCUT2D eigenvalue weighted by atomic mass is 35.5. The van der Waals surface area contributed by atoms with Crippen molar-refractivity contribution < 1.29 is 4.52 Å². The van der Waals surface area contributed by atoms with E-state index in [4.69, 9.17) is 21.9 Å². The van der Waals surface area contributed by atoms with E-state index < -0.39 is 0 Å². The van der Waals surface area contributed by atoms with E-state index in [0.29, 0.717) is 35.5 Å². The van der Waals surface area contributed by atoms with Crippen LogP contribution < -0.4 is 5.73 Å². The lowest BCUT2D eigenvalue weighted by atomic mass is 9.91. The van der Waals surface area contributed by atoms with Crippen LogP contribution in [0.25, 0.3) is 0 Å². The van der Waals surface area contributed by atoms with Crippen molar-refractivity contribution >= 4 is 17.4 Å². The predicted molar refractivity (Wildman–Crippen MR) is 116 cm³/mol. The Bertz CT molecular complexity index is 1160. The fourth-order valence-electron chi connectivity index (χ4n) is 3.36. The van der Waals surface area contributed by atoms with Gasteiger partial charge in [0.1, 0.15) is 11.0 Å². The summed E-state index contributed by atoms with van der Waals surface area (Å²) < 4.78 is 5.67. The van der Waals surface area contributed by atoms with Gasteiger partial charge in [-0.15, -0.1) is 0 Å². The second-order valence-electron chi connectivity index (χ2n) is 7.36. The number of nitrogen functional groups attached to an aromatic ring is 1. The summed E-state index contributed by atoms with van der Waals surface area (Å²) in [5, 5.41) is 4.62. The summed E-state index contributed by atoms with van der Waals surface area (Å²) in [5.74, 6) is 1.44. The summed E-state index contributed by atoms with van der Waals surface area (Å²) in [6, 6.07) is 13.9. The van der Waals surface area contributed by atoms with E-state index in [2.05, 4.69) is 52.2 Å². The van der Waals surface area contributed by atoms with Gasteiger partial charge in [0.25, 0.3) is 0 Å². The molecule has 30 heavy (non-hydrogen) atoms. The van der Waals surface area contributed by atoms with Crippen LogP contribution in [0, 0.1) is 13.8 Å². The molecule has 0 fully saturated rings. The second kappa shape index (κ2) is 8.63. The van der Waals surface area contributed by atoms with Crippen LogP contribution in [0.5, 0.6) is 0 Å². The van der Waals surface area contributed by atoms with Gasteiger partial charge in [-0.3, -0.25) is 0 Å². The van der Waals surface area contributed by atoms with Crippen molar-refractivity contribution in [2.75, 3.05) is 5.73 Å². The Hall–Kier alpha value is -3.25. The quantitative estimate of drug-likeness (QED) is 0.456. The summed E-state index contributed by atoms with van der Waals surface area (Å²) in [5.41, 5.74) is 11.5. The van der Waals surface area contributed by atoms with E-state index in [0.717, 1.165) is 11.1 Å². The molecule has 4 rings (SSSR count). The minimum atomic E-state index is -0.135. The molecule has 3 aromatic heterocycles. The zero-order chi connectivity index (χ0) is 21.1. The Labute approximate surface area is 180 Å². The average Bonchev–Trinajstić information content (AvgIpc) is 3.19. The molecule has 3 heterocycles. The maximum absolute atomic E-state index is 5.99. The number of hydrogen-bond donors (Lipinski definition) is 1. The first-order chi connectivity index (χ1) is 14.5. The molecule has 0 saturated carbocycles. The summed E-state index contributed by atoms with van der Waals surface area (Å²) in [6.07, 6.45) is 4.59. The molecule has 0 aliphatic heterocycles. The van der Waals surface area contributed by atoms with Gasteiger partial charge in [0, 0.05) is 24.4 Å². The van der Waals surface area contributed by atoms with E-state index in [1.807, 2.05) is 18.2 Å². The van der Waals surface area contributed by atoms with Crippen LogP contribution in [0.4, 0.5) is 5.82 Å². The molecule has 4 aromatic rings. The number of nitrogens with two attached hydrogens (primary N) is 1. The molecule has 1 atom stereocenters. The smallest absolute Gasteiger partial charge is 0.234 e. The molecule has 0 spiro atoms. The van der Waals surface area contributed by atoms with Crippen molar-refractivity contribution in [2.45, 2.75) is 32.6 Å². The number of aromatic nitrogens is 4. The van der Waals surface area contributed by atoms with Crippen LogP contribution >= 0.6 is 11.6 Å². The molecule has 6 nitrogen and oxygen atoms in total. The lowest BCUT2D eigenvalue weighted by Gasteiger charge is -2.14. The number of pyridine rings is 2. The van der Waals surface area contributed by atoms with Gasteiger partial charge in [-0.2, -0.15) is 4.98 Å². The number of halogens is 1.